The van der Waals surface area contributed by atoms with E-state index in [2.05, 4.69) is 6.92 Å². The fourth-order valence-corrected chi connectivity index (χ4v) is 1.56. The van der Waals surface area contributed by atoms with Gasteiger partial charge in [0, 0.05) is 6.61 Å². The molecule has 1 aromatic rings. The van der Waals surface area contributed by atoms with Gasteiger partial charge < -0.3 is 4.74 Å². The highest BCUT2D eigenvalue weighted by atomic mass is 19.4. The molecule has 0 atom stereocenters. The van der Waals surface area contributed by atoms with Crippen LogP contribution in [-0.4, -0.2) is 6.61 Å². The number of alkyl halides is 3. The lowest BCUT2D eigenvalue weighted by Crippen LogP contribution is -2.10. The average Bonchev–Trinajstić information content (AvgIpc) is 2.28. The van der Waals surface area contributed by atoms with Gasteiger partial charge in [-0.1, -0.05) is 38.0 Å². The highest BCUT2D eigenvalue weighted by molar-refractivity contribution is 5.28. The van der Waals surface area contributed by atoms with Crippen molar-refractivity contribution < 1.29 is 17.9 Å². The minimum absolute atomic E-state index is 0.0272. The predicted octanol–water partition coefficient (Wildman–Crippen LogP) is 4.41. The third-order valence-electron chi connectivity index (χ3n) is 2.47. The summed E-state index contributed by atoms with van der Waals surface area (Å²) >= 11 is 0. The van der Waals surface area contributed by atoms with E-state index in [9.17, 15) is 13.2 Å². The van der Waals surface area contributed by atoms with Crippen LogP contribution in [0.1, 0.15) is 37.3 Å². The lowest BCUT2D eigenvalue weighted by molar-refractivity contribution is -0.138. The lowest BCUT2D eigenvalue weighted by Gasteiger charge is -2.12. The van der Waals surface area contributed by atoms with Gasteiger partial charge in [0.05, 0.1) is 12.2 Å². The van der Waals surface area contributed by atoms with Gasteiger partial charge in [-0.15, -0.1) is 0 Å². The molecule has 0 aliphatic rings. The average molecular weight is 246 g/mol. The van der Waals surface area contributed by atoms with Crippen LogP contribution in [0.5, 0.6) is 0 Å². The van der Waals surface area contributed by atoms with Gasteiger partial charge in [0.25, 0.3) is 0 Å². The first-order valence-corrected chi connectivity index (χ1v) is 5.78. The molecule has 0 saturated carbocycles. The van der Waals surface area contributed by atoms with Crippen molar-refractivity contribution in [2.24, 2.45) is 0 Å². The SMILES string of the molecule is CCCCCOCc1ccccc1C(F)(F)F. The number of ether oxygens (including phenoxy) is 1. The fraction of sp³-hybridized carbons (Fsp3) is 0.538. The summed E-state index contributed by atoms with van der Waals surface area (Å²) in [5, 5.41) is 0. The topological polar surface area (TPSA) is 9.23 Å². The maximum Gasteiger partial charge on any atom is 0.416 e. The van der Waals surface area contributed by atoms with Crippen LogP contribution in [0.4, 0.5) is 13.2 Å². The van der Waals surface area contributed by atoms with E-state index >= 15 is 0 Å². The van der Waals surface area contributed by atoms with Crippen molar-refractivity contribution in [3.8, 4) is 0 Å². The van der Waals surface area contributed by atoms with E-state index in [1.165, 1.54) is 12.1 Å². The fourth-order valence-electron chi connectivity index (χ4n) is 1.56. The van der Waals surface area contributed by atoms with Crippen LogP contribution in [0.3, 0.4) is 0 Å². The molecule has 96 valence electrons. The van der Waals surface area contributed by atoms with Gasteiger partial charge in [-0.3, -0.25) is 0 Å². The molecule has 1 nitrogen and oxygen atoms in total. The number of halogens is 3. The van der Waals surface area contributed by atoms with Crippen LogP contribution in [0.25, 0.3) is 0 Å². The van der Waals surface area contributed by atoms with E-state index in [0.717, 1.165) is 25.3 Å². The summed E-state index contributed by atoms with van der Waals surface area (Å²) in [5.74, 6) is 0. The van der Waals surface area contributed by atoms with Gasteiger partial charge in [-0.2, -0.15) is 13.2 Å². The Morgan fingerprint density at radius 2 is 1.82 bits per heavy atom. The maximum atomic E-state index is 12.6. The minimum atomic E-state index is -4.30. The van der Waals surface area contributed by atoms with Crippen molar-refractivity contribution >= 4 is 0 Å². The standard InChI is InChI=1S/C13H17F3O/c1-2-3-6-9-17-10-11-7-4-5-8-12(11)13(14,15)16/h4-5,7-8H,2-3,6,9-10H2,1H3. The van der Waals surface area contributed by atoms with Gasteiger partial charge in [-0.25, -0.2) is 0 Å². The summed E-state index contributed by atoms with van der Waals surface area (Å²) < 4.78 is 43.1. The molecule has 0 heterocycles. The molecule has 4 heteroatoms. The monoisotopic (exact) mass is 246 g/mol. The molecule has 1 aromatic carbocycles. The Balaban J connectivity index is 2.53. The Morgan fingerprint density at radius 1 is 1.12 bits per heavy atom. The van der Waals surface area contributed by atoms with Crippen molar-refractivity contribution in [1.29, 1.82) is 0 Å². The predicted molar refractivity (Wildman–Crippen MR) is 60.6 cm³/mol. The number of unbranched alkanes of at least 4 members (excludes halogenated alkanes) is 2. The third-order valence-corrected chi connectivity index (χ3v) is 2.47. The second-order valence-electron chi connectivity index (χ2n) is 3.91. The molecule has 0 aromatic heterocycles. The number of hydrogen-bond donors (Lipinski definition) is 0. The molecule has 0 aliphatic carbocycles. The van der Waals surface area contributed by atoms with E-state index in [1.807, 2.05) is 0 Å². The molecule has 0 spiro atoms. The van der Waals surface area contributed by atoms with E-state index in [4.69, 9.17) is 4.74 Å². The molecular weight excluding hydrogens is 229 g/mol. The summed E-state index contributed by atoms with van der Waals surface area (Å²) in [7, 11) is 0. The second-order valence-corrected chi connectivity index (χ2v) is 3.91. The van der Waals surface area contributed by atoms with Gasteiger partial charge in [0.1, 0.15) is 0 Å². The van der Waals surface area contributed by atoms with Crippen molar-refractivity contribution in [2.75, 3.05) is 6.61 Å². The second kappa shape index (κ2) is 6.64. The maximum absolute atomic E-state index is 12.6. The van der Waals surface area contributed by atoms with Crippen LogP contribution in [0.2, 0.25) is 0 Å². The molecule has 1 rings (SSSR count). The van der Waals surface area contributed by atoms with Crippen LogP contribution in [-0.2, 0) is 17.5 Å². The molecule has 0 aliphatic heterocycles. The van der Waals surface area contributed by atoms with Crippen LogP contribution in [0, 0.1) is 0 Å². The zero-order valence-corrected chi connectivity index (χ0v) is 9.89. The van der Waals surface area contributed by atoms with Crippen LogP contribution < -0.4 is 0 Å². The van der Waals surface area contributed by atoms with Crippen molar-refractivity contribution in [2.45, 2.75) is 39.0 Å². The molecule has 0 unspecified atom stereocenters. The summed E-state index contributed by atoms with van der Waals surface area (Å²) in [6, 6.07) is 5.54. The van der Waals surface area contributed by atoms with E-state index < -0.39 is 11.7 Å². The Morgan fingerprint density at radius 3 is 2.47 bits per heavy atom. The number of hydrogen-bond acceptors (Lipinski definition) is 1. The quantitative estimate of drug-likeness (QED) is 0.675. The Kier molecular flexibility index (Phi) is 5.48. The summed E-state index contributed by atoms with van der Waals surface area (Å²) in [5.41, 5.74) is -0.396. The lowest BCUT2D eigenvalue weighted by atomic mass is 10.1. The molecule has 17 heavy (non-hydrogen) atoms. The highest BCUT2D eigenvalue weighted by Crippen LogP contribution is 2.32. The van der Waals surface area contributed by atoms with Gasteiger partial charge in [0.15, 0.2) is 0 Å². The van der Waals surface area contributed by atoms with Crippen molar-refractivity contribution in [3.63, 3.8) is 0 Å². The minimum Gasteiger partial charge on any atom is -0.377 e. The Labute approximate surface area is 99.6 Å². The van der Waals surface area contributed by atoms with Gasteiger partial charge in [-0.05, 0) is 18.1 Å². The summed E-state index contributed by atoms with van der Waals surface area (Å²) in [4.78, 5) is 0. The number of rotatable bonds is 6. The van der Waals surface area contributed by atoms with Gasteiger partial charge in [0.2, 0.25) is 0 Å². The first-order chi connectivity index (χ1) is 8.05. The summed E-state index contributed by atoms with van der Waals surface area (Å²) in [6.45, 7) is 2.61. The van der Waals surface area contributed by atoms with E-state index in [-0.39, 0.29) is 12.2 Å². The first kappa shape index (κ1) is 14.0. The molecular formula is C13H17F3O. The Bertz CT molecular complexity index is 334. The molecule has 0 N–H and O–H groups in total. The molecule has 0 saturated heterocycles. The molecule has 0 bridgehead atoms. The van der Waals surface area contributed by atoms with E-state index in [0.29, 0.717) is 6.61 Å². The largest absolute Gasteiger partial charge is 0.416 e. The number of benzene rings is 1. The van der Waals surface area contributed by atoms with Crippen molar-refractivity contribution in [3.05, 3.63) is 35.4 Å². The highest BCUT2D eigenvalue weighted by Gasteiger charge is 2.32. The van der Waals surface area contributed by atoms with Crippen LogP contribution >= 0.6 is 0 Å². The third kappa shape index (κ3) is 4.77. The van der Waals surface area contributed by atoms with Crippen molar-refractivity contribution in [1.82, 2.24) is 0 Å². The van der Waals surface area contributed by atoms with E-state index in [1.54, 1.807) is 6.07 Å². The molecule has 0 amide bonds. The normalized spacial score (nSPS) is 11.8. The molecule has 0 radical (unpaired) electrons. The smallest absolute Gasteiger partial charge is 0.377 e. The van der Waals surface area contributed by atoms with Gasteiger partial charge >= 0.3 is 6.18 Å². The summed E-state index contributed by atoms with van der Waals surface area (Å²) in [6.07, 6.45) is -1.29. The molecule has 0 fully saturated rings. The Hall–Kier alpha value is -1.03. The zero-order valence-electron chi connectivity index (χ0n) is 9.89. The van der Waals surface area contributed by atoms with Crippen LogP contribution in [0.15, 0.2) is 24.3 Å². The zero-order chi connectivity index (χ0) is 12.7. The first-order valence-electron chi connectivity index (χ1n) is 5.78.